The number of fused-ring (bicyclic) bond motifs is 1. The van der Waals surface area contributed by atoms with E-state index in [0.717, 1.165) is 18.5 Å². The molecule has 1 N–H and O–H groups in total. The Morgan fingerprint density at radius 2 is 2.10 bits per heavy atom. The van der Waals surface area contributed by atoms with Gasteiger partial charge >= 0.3 is 0 Å². The molecule has 0 unspecified atom stereocenters. The van der Waals surface area contributed by atoms with Crippen molar-refractivity contribution < 1.29 is 9.18 Å². The van der Waals surface area contributed by atoms with Crippen LogP contribution >= 0.6 is 11.6 Å². The van der Waals surface area contributed by atoms with E-state index in [0.29, 0.717) is 33.6 Å². The number of benzene rings is 1. The first-order valence-corrected chi connectivity index (χ1v) is 9.87. The number of pyridine rings is 2. The molecule has 5 nitrogen and oxygen atoms in total. The molecule has 0 saturated heterocycles. The summed E-state index contributed by atoms with van der Waals surface area (Å²) >= 11 is 6.29. The van der Waals surface area contributed by atoms with Gasteiger partial charge in [-0.2, -0.15) is 0 Å². The van der Waals surface area contributed by atoms with Gasteiger partial charge in [-0.05, 0) is 62.5 Å². The molecule has 1 fully saturated rings. The molecular weight excluding hydrogens is 391 g/mol. The van der Waals surface area contributed by atoms with E-state index in [-0.39, 0.29) is 16.8 Å². The number of hydrogen-bond donors (Lipinski definition) is 1. The van der Waals surface area contributed by atoms with Crippen LogP contribution in [0.1, 0.15) is 12.0 Å². The highest BCUT2D eigenvalue weighted by molar-refractivity contribution is 6.36. The number of amides is 1. The summed E-state index contributed by atoms with van der Waals surface area (Å²) in [6, 6.07) is 5.28. The van der Waals surface area contributed by atoms with Crippen molar-refractivity contribution in [3.05, 3.63) is 53.2 Å². The Morgan fingerprint density at radius 1 is 1.31 bits per heavy atom. The first kappa shape index (κ1) is 19.7. The molecule has 4 rings (SSSR count). The number of anilines is 1. The number of halogens is 2. The van der Waals surface area contributed by atoms with Crippen LogP contribution in [-0.2, 0) is 4.79 Å². The van der Waals surface area contributed by atoms with Crippen LogP contribution in [0.4, 0.5) is 10.2 Å². The molecule has 2 heterocycles. The lowest BCUT2D eigenvalue weighted by molar-refractivity contribution is -0.117. The summed E-state index contributed by atoms with van der Waals surface area (Å²) in [5, 5.41) is 4.11. The highest BCUT2D eigenvalue weighted by atomic mass is 35.5. The fourth-order valence-electron chi connectivity index (χ4n) is 3.70. The lowest BCUT2D eigenvalue weighted by Gasteiger charge is -2.12. The summed E-state index contributed by atoms with van der Waals surface area (Å²) in [4.78, 5) is 22.9. The van der Waals surface area contributed by atoms with Crippen molar-refractivity contribution in [3.8, 4) is 11.1 Å². The molecule has 29 heavy (non-hydrogen) atoms. The maximum atomic E-state index is 14.9. The van der Waals surface area contributed by atoms with Crippen LogP contribution in [0, 0.1) is 24.6 Å². The van der Waals surface area contributed by atoms with Gasteiger partial charge in [0, 0.05) is 47.6 Å². The summed E-state index contributed by atoms with van der Waals surface area (Å²) in [7, 11) is 4.01. The number of aromatic nitrogens is 2. The van der Waals surface area contributed by atoms with Gasteiger partial charge in [0.05, 0.1) is 5.02 Å². The molecule has 0 spiro atoms. The zero-order chi connectivity index (χ0) is 20.7. The van der Waals surface area contributed by atoms with Crippen LogP contribution in [0.3, 0.4) is 0 Å². The molecule has 3 aromatic rings. The van der Waals surface area contributed by atoms with Crippen LogP contribution in [0.2, 0.25) is 5.02 Å². The standard InChI is InChI=1S/C22H22ClFN4O/c1-12-4-5-25-9-17(12)16-6-13-8-19(26-10-18(13)20(23)21(16)24)27-22(29)15-7-14(15)11-28(2)3/h4-6,8-10,14-15H,7,11H2,1-3H3,(H,26,27,29)/t14-,15-/m1/s1. The molecule has 1 aromatic carbocycles. The number of carbonyl (C=O) groups is 1. The van der Waals surface area contributed by atoms with Crippen molar-refractivity contribution in [2.45, 2.75) is 13.3 Å². The number of nitrogens with zero attached hydrogens (tertiary/aromatic N) is 3. The normalized spacial score (nSPS) is 18.3. The van der Waals surface area contributed by atoms with E-state index in [1.165, 1.54) is 6.20 Å². The van der Waals surface area contributed by atoms with E-state index in [4.69, 9.17) is 11.6 Å². The first-order valence-electron chi connectivity index (χ1n) is 9.49. The summed E-state index contributed by atoms with van der Waals surface area (Å²) in [6.45, 7) is 2.79. The van der Waals surface area contributed by atoms with Gasteiger partial charge in [-0.15, -0.1) is 0 Å². The fourth-order valence-corrected chi connectivity index (χ4v) is 3.96. The van der Waals surface area contributed by atoms with E-state index in [2.05, 4.69) is 20.2 Å². The van der Waals surface area contributed by atoms with Crippen molar-refractivity contribution >= 4 is 34.1 Å². The van der Waals surface area contributed by atoms with Crippen molar-refractivity contribution in [2.75, 3.05) is 26.0 Å². The lowest BCUT2D eigenvalue weighted by atomic mass is 9.99. The fraction of sp³-hybridized carbons (Fsp3) is 0.318. The van der Waals surface area contributed by atoms with Gasteiger partial charge in [0.25, 0.3) is 0 Å². The van der Waals surface area contributed by atoms with Crippen LogP contribution in [0.25, 0.3) is 21.9 Å². The second-order valence-corrected chi connectivity index (χ2v) is 8.27. The number of carbonyl (C=O) groups excluding carboxylic acids is 1. The summed E-state index contributed by atoms with van der Waals surface area (Å²) < 4.78 is 14.9. The third-order valence-electron chi connectivity index (χ3n) is 5.34. The second-order valence-electron chi connectivity index (χ2n) is 7.89. The third-order valence-corrected chi connectivity index (χ3v) is 5.71. The van der Waals surface area contributed by atoms with Gasteiger partial charge in [-0.3, -0.25) is 9.78 Å². The third kappa shape index (κ3) is 3.95. The highest BCUT2D eigenvalue weighted by Crippen LogP contribution is 2.40. The van der Waals surface area contributed by atoms with Gasteiger partial charge < -0.3 is 10.2 Å². The number of rotatable bonds is 5. The topological polar surface area (TPSA) is 58.1 Å². The second kappa shape index (κ2) is 7.69. The minimum atomic E-state index is -0.502. The largest absolute Gasteiger partial charge is 0.310 e. The van der Waals surface area contributed by atoms with E-state index in [1.54, 1.807) is 24.5 Å². The van der Waals surface area contributed by atoms with Crippen molar-refractivity contribution in [3.63, 3.8) is 0 Å². The van der Waals surface area contributed by atoms with Gasteiger partial charge in [0.15, 0.2) is 0 Å². The van der Waals surface area contributed by atoms with E-state index < -0.39 is 5.82 Å². The first-order chi connectivity index (χ1) is 13.8. The molecule has 0 aliphatic heterocycles. The van der Waals surface area contributed by atoms with E-state index >= 15 is 0 Å². The maximum Gasteiger partial charge on any atom is 0.228 e. The van der Waals surface area contributed by atoms with Gasteiger partial charge in [-0.25, -0.2) is 9.37 Å². The van der Waals surface area contributed by atoms with Crippen molar-refractivity contribution in [1.82, 2.24) is 14.9 Å². The molecule has 2 aromatic heterocycles. The van der Waals surface area contributed by atoms with E-state index in [1.807, 2.05) is 27.1 Å². The predicted molar refractivity (Wildman–Crippen MR) is 113 cm³/mol. The summed E-state index contributed by atoms with van der Waals surface area (Å²) in [6.07, 6.45) is 5.68. The Kier molecular flexibility index (Phi) is 5.23. The van der Waals surface area contributed by atoms with Gasteiger partial charge in [-0.1, -0.05) is 11.6 Å². The number of aryl methyl sites for hydroxylation is 1. The summed E-state index contributed by atoms with van der Waals surface area (Å²) in [5.41, 5.74) is 1.96. The minimum Gasteiger partial charge on any atom is -0.310 e. The van der Waals surface area contributed by atoms with Crippen LogP contribution in [0.5, 0.6) is 0 Å². The summed E-state index contributed by atoms with van der Waals surface area (Å²) in [5.74, 6) is 0.308. The van der Waals surface area contributed by atoms with Gasteiger partial charge in [0.2, 0.25) is 5.91 Å². The lowest BCUT2D eigenvalue weighted by Crippen LogP contribution is -2.20. The van der Waals surface area contributed by atoms with Crippen molar-refractivity contribution in [1.29, 1.82) is 0 Å². The van der Waals surface area contributed by atoms with Gasteiger partial charge in [0.1, 0.15) is 11.6 Å². The molecule has 0 radical (unpaired) electrons. The van der Waals surface area contributed by atoms with Crippen LogP contribution in [-0.4, -0.2) is 41.4 Å². The maximum absolute atomic E-state index is 14.9. The molecule has 1 aliphatic rings. The van der Waals surface area contributed by atoms with Crippen LogP contribution < -0.4 is 5.32 Å². The molecule has 150 valence electrons. The van der Waals surface area contributed by atoms with Crippen LogP contribution in [0.15, 0.2) is 36.8 Å². The molecule has 2 atom stereocenters. The average Bonchev–Trinajstić information content (AvgIpc) is 3.44. The Bertz CT molecular complexity index is 1100. The number of hydrogen-bond acceptors (Lipinski definition) is 4. The molecule has 1 saturated carbocycles. The Hall–Kier alpha value is -2.57. The quantitative estimate of drug-likeness (QED) is 0.668. The molecule has 0 bridgehead atoms. The predicted octanol–water partition coefficient (Wildman–Crippen LogP) is 4.53. The van der Waals surface area contributed by atoms with E-state index in [9.17, 15) is 9.18 Å². The zero-order valence-corrected chi connectivity index (χ0v) is 17.3. The molecular formula is C22H22ClFN4O. The SMILES string of the molecule is Cc1ccncc1-c1cc2cc(NC(=O)[C@@H]3C[C@@H]3CN(C)C)ncc2c(Cl)c1F. The highest BCUT2D eigenvalue weighted by Gasteiger charge is 2.43. The Labute approximate surface area is 173 Å². The Morgan fingerprint density at radius 3 is 2.83 bits per heavy atom. The zero-order valence-electron chi connectivity index (χ0n) is 16.5. The minimum absolute atomic E-state index is 0.0133. The Balaban J connectivity index is 1.64. The average molecular weight is 413 g/mol. The van der Waals surface area contributed by atoms with Crippen molar-refractivity contribution in [2.24, 2.45) is 11.8 Å². The smallest absolute Gasteiger partial charge is 0.228 e. The monoisotopic (exact) mass is 412 g/mol. The molecule has 7 heteroatoms. The number of nitrogens with one attached hydrogen (secondary N) is 1. The molecule has 1 amide bonds. The molecule has 1 aliphatic carbocycles.